The fraction of sp³-hybridized carbons (Fsp3) is 0.364. The molecule has 2 aromatic rings. The molecule has 0 spiro atoms. The van der Waals surface area contributed by atoms with Gasteiger partial charge in [0.15, 0.2) is 0 Å². The van der Waals surface area contributed by atoms with Crippen LogP contribution < -0.4 is 15.5 Å². The van der Waals surface area contributed by atoms with Gasteiger partial charge in [0.2, 0.25) is 5.91 Å². The molecule has 0 bridgehead atoms. The molecule has 3 N–H and O–H groups in total. The third-order valence-electron chi connectivity index (χ3n) is 4.65. The monoisotopic (exact) mass is 368 g/mol. The van der Waals surface area contributed by atoms with Gasteiger partial charge in [0.1, 0.15) is 12.1 Å². The summed E-state index contributed by atoms with van der Waals surface area (Å²) in [6.45, 7) is 4.37. The first-order valence-electron chi connectivity index (χ1n) is 9.38. The van der Waals surface area contributed by atoms with Crippen molar-refractivity contribution in [1.82, 2.24) is 10.6 Å². The van der Waals surface area contributed by atoms with Crippen molar-refractivity contribution in [2.45, 2.75) is 25.9 Å². The van der Waals surface area contributed by atoms with Gasteiger partial charge in [-0.3, -0.25) is 9.59 Å². The maximum absolute atomic E-state index is 12.8. The summed E-state index contributed by atoms with van der Waals surface area (Å²) >= 11 is 0. The van der Waals surface area contributed by atoms with Crippen molar-refractivity contribution < 1.29 is 14.5 Å². The van der Waals surface area contributed by atoms with Crippen LogP contribution in [0.5, 0.6) is 0 Å². The molecule has 144 valence electrons. The largest absolute Gasteiger partial charge is 0.348 e. The van der Waals surface area contributed by atoms with E-state index in [4.69, 9.17) is 0 Å². The van der Waals surface area contributed by atoms with Crippen LogP contribution in [0.15, 0.2) is 60.7 Å². The molecule has 0 aliphatic rings. The summed E-state index contributed by atoms with van der Waals surface area (Å²) < 4.78 is 0. The van der Waals surface area contributed by atoms with Gasteiger partial charge >= 0.3 is 0 Å². The Morgan fingerprint density at radius 3 is 2.00 bits per heavy atom. The zero-order valence-corrected chi connectivity index (χ0v) is 16.5. The molecule has 0 aliphatic heterocycles. The van der Waals surface area contributed by atoms with E-state index in [9.17, 15) is 9.59 Å². The average molecular weight is 369 g/mol. The van der Waals surface area contributed by atoms with Crippen molar-refractivity contribution in [3.63, 3.8) is 0 Å². The van der Waals surface area contributed by atoms with Crippen LogP contribution in [0.4, 0.5) is 0 Å². The Morgan fingerprint density at radius 1 is 0.926 bits per heavy atom. The number of nitrogens with one attached hydrogen (secondary N) is 3. The highest BCUT2D eigenvalue weighted by Crippen LogP contribution is 2.09. The molecule has 2 atom stereocenters. The number of hydrogen-bond acceptors (Lipinski definition) is 2. The lowest BCUT2D eigenvalue weighted by Crippen LogP contribution is -3.07. The number of quaternary nitrogens is 1. The molecule has 0 unspecified atom stereocenters. The Bertz CT molecular complexity index is 730. The number of rotatable bonds is 8. The molecular weight excluding hydrogens is 338 g/mol. The molecule has 2 rings (SSSR count). The molecule has 0 aromatic heterocycles. The van der Waals surface area contributed by atoms with Gasteiger partial charge in [-0.2, -0.15) is 0 Å². The van der Waals surface area contributed by atoms with Gasteiger partial charge in [0.05, 0.1) is 20.6 Å². The Balaban J connectivity index is 2.03. The van der Waals surface area contributed by atoms with E-state index in [1.807, 2.05) is 50.2 Å². The zero-order valence-electron chi connectivity index (χ0n) is 16.5. The molecule has 2 aromatic carbocycles. The number of carbonyl (C=O) groups excluding carboxylic acids is 2. The highest BCUT2D eigenvalue weighted by molar-refractivity contribution is 5.97. The highest BCUT2D eigenvalue weighted by atomic mass is 16.2. The van der Waals surface area contributed by atoms with Gasteiger partial charge in [-0.25, -0.2) is 0 Å². The quantitative estimate of drug-likeness (QED) is 0.660. The number of hydrogen-bond donors (Lipinski definition) is 3. The van der Waals surface area contributed by atoms with E-state index in [1.54, 1.807) is 12.1 Å². The van der Waals surface area contributed by atoms with Crippen LogP contribution in [0.25, 0.3) is 0 Å². The van der Waals surface area contributed by atoms with Crippen LogP contribution in [0, 0.1) is 5.92 Å². The molecule has 5 nitrogen and oxygen atoms in total. The van der Waals surface area contributed by atoms with Crippen LogP contribution in [0.3, 0.4) is 0 Å². The van der Waals surface area contributed by atoms with Gasteiger partial charge in [-0.15, -0.1) is 0 Å². The van der Waals surface area contributed by atoms with Crippen LogP contribution >= 0.6 is 0 Å². The van der Waals surface area contributed by atoms with Gasteiger partial charge < -0.3 is 15.5 Å². The van der Waals surface area contributed by atoms with E-state index in [-0.39, 0.29) is 23.8 Å². The molecule has 27 heavy (non-hydrogen) atoms. The topological polar surface area (TPSA) is 62.6 Å². The van der Waals surface area contributed by atoms with Crippen molar-refractivity contribution in [2.75, 3.05) is 20.6 Å². The summed E-state index contributed by atoms with van der Waals surface area (Å²) in [5.41, 5.74) is 1.73. The van der Waals surface area contributed by atoms with E-state index in [0.29, 0.717) is 12.1 Å². The minimum Gasteiger partial charge on any atom is -0.348 e. The molecule has 0 radical (unpaired) electrons. The van der Waals surface area contributed by atoms with E-state index in [2.05, 4.69) is 36.9 Å². The predicted octanol–water partition coefficient (Wildman–Crippen LogP) is 1.44. The maximum Gasteiger partial charge on any atom is 0.251 e. The third kappa shape index (κ3) is 5.93. The first-order valence-corrected chi connectivity index (χ1v) is 9.38. The van der Waals surface area contributed by atoms with Gasteiger partial charge in [0.25, 0.3) is 5.91 Å². The molecule has 0 saturated carbocycles. The van der Waals surface area contributed by atoms with Crippen molar-refractivity contribution in [3.05, 3.63) is 71.8 Å². The normalized spacial score (nSPS) is 13.3. The Hall–Kier alpha value is -2.66. The average Bonchev–Trinajstić information content (AvgIpc) is 2.67. The fourth-order valence-electron chi connectivity index (χ4n) is 3.00. The van der Waals surface area contributed by atoms with Crippen molar-refractivity contribution in [2.24, 2.45) is 5.92 Å². The standard InChI is InChI=1S/C22H29N3O2/c1-16(2)20(24-21(26)18-13-9-6-10-14-18)22(27)23-15-19(25(3)4)17-11-7-5-8-12-17/h5-14,16,19-20H,15H2,1-4H3,(H,23,27)(H,24,26)/p+1/t19-,20-/m0/s1. The maximum atomic E-state index is 12.8. The lowest BCUT2D eigenvalue weighted by atomic mass is 10.0. The zero-order chi connectivity index (χ0) is 19.8. The van der Waals surface area contributed by atoms with E-state index < -0.39 is 6.04 Å². The SMILES string of the molecule is CC(C)[C@H](NC(=O)c1ccccc1)C(=O)NC[C@@H](c1ccccc1)[NH+](C)C. The third-order valence-corrected chi connectivity index (χ3v) is 4.65. The number of amides is 2. The lowest BCUT2D eigenvalue weighted by molar-refractivity contribution is -0.890. The molecule has 0 heterocycles. The number of likely N-dealkylation sites (N-methyl/N-ethyl adjacent to an activating group) is 1. The molecule has 0 saturated heterocycles. The summed E-state index contributed by atoms with van der Waals surface area (Å²) in [6.07, 6.45) is 0. The van der Waals surface area contributed by atoms with Crippen molar-refractivity contribution >= 4 is 11.8 Å². The predicted molar refractivity (Wildman–Crippen MR) is 108 cm³/mol. The smallest absolute Gasteiger partial charge is 0.251 e. The van der Waals surface area contributed by atoms with Crippen LogP contribution in [0.1, 0.15) is 35.8 Å². The molecule has 0 fully saturated rings. The van der Waals surface area contributed by atoms with E-state index in [0.717, 1.165) is 0 Å². The Morgan fingerprint density at radius 2 is 1.48 bits per heavy atom. The van der Waals surface area contributed by atoms with E-state index in [1.165, 1.54) is 10.5 Å². The summed E-state index contributed by atoms with van der Waals surface area (Å²) in [5, 5.41) is 5.89. The fourth-order valence-corrected chi connectivity index (χ4v) is 3.00. The minimum absolute atomic E-state index is 0.0143. The van der Waals surface area contributed by atoms with E-state index >= 15 is 0 Å². The first-order chi connectivity index (χ1) is 12.9. The Kier molecular flexibility index (Phi) is 7.55. The second-order valence-corrected chi connectivity index (χ2v) is 7.35. The summed E-state index contributed by atoms with van der Waals surface area (Å²) in [6, 6.07) is 18.7. The molecule has 2 amide bonds. The molecular formula is C22H30N3O2+. The highest BCUT2D eigenvalue weighted by Gasteiger charge is 2.26. The minimum atomic E-state index is -0.578. The first kappa shape index (κ1) is 20.6. The van der Waals surface area contributed by atoms with Gasteiger partial charge in [-0.1, -0.05) is 62.4 Å². The number of benzene rings is 2. The summed E-state index contributed by atoms with van der Waals surface area (Å²) in [7, 11) is 4.14. The Labute approximate surface area is 161 Å². The number of carbonyl (C=O) groups is 2. The van der Waals surface area contributed by atoms with Gasteiger partial charge in [-0.05, 0) is 18.1 Å². The summed E-state index contributed by atoms with van der Waals surface area (Å²) in [5.74, 6) is -0.404. The van der Waals surface area contributed by atoms with Crippen molar-refractivity contribution in [1.29, 1.82) is 0 Å². The summed E-state index contributed by atoms with van der Waals surface area (Å²) in [4.78, 5) is 26.4. The molecule has 5 heteroatoms. The van der Waals surface area contributed by atoms with Crippen LogP contribution in [-0.2, 0) is 4.79 Å². The lowest BCUT2D eigenvalue weighted by Gasteiger charge is -2.25. The van der Waals surface area contributed by atoms with Crippen LogP contribution in [-0.4, -0.2) is 38.5 Å². The van der Waals surface area contributed by atoms with Gasteiger partial charge in [0, 0.05) is 11.1 Å². The van der Waals surface area contributed by atoms with Crippen LogP contribution in [0.2, 0.25) is 0 Å². The second-order valence-electron chi connectivity index (χ2n) is 7.35. The second kappa shape index (κ2) is 9.88. The van der Waals surface area contributed by atoms with Crippen molar-refractivity contribution in [3.8, 4) is 0 Å². The molecule has 0 aliphatic carbocycles.